The van der Waals surface area contributed by atoms with E-state index in [0.29, 0.717) is 12.3 Å². The molecule has 3 unspecified atom stereocenters. The zero-order valence-corrected chi connectivity index (χ0v) is 10.1. The molecule has 4 heteroatoms. The van der Waals surface area contributed by atoms with E-state index in [4.69, 9.17) is 11.0 Å². The number of hydrogen-bond acceptors (Lipinski definition) is 3. The van der Waals surface area contributed by atoms with Crippen LogP contribution >= 0.6 is 0 Å². The molecule has 1 saturated carbocycles. The van der Waals surface area contributed by atoms with Gasteiger partial charge in [-0.2, -0.15) is 5.26 Å². The van der Waals surface area contributed by atoms with Crippen LogP contribution in [0.5, 0.6) is 0 Å². The van der Waals surface area contributed by atoms with Crippen molar-refractivity contribution in [1.29, 1.82) is 5.26 Å². The number of rotatable bonds is 4. The van der Waals surface area contributed by atoms with Gasteiger partial charge in [0, 0.05) is 18.5 Å². The van der Waals surface area contributed by atoms with Crippen molar-refractivity contribution in [1.82, 2.24) is 5.32 Å². The lowest BCUT2D eigenvalue weighted by Gasteiger charge is -2.19. The van der Waals surface area contributed by atoms with Crippen molar-refractivity contribution >= 4 is 5.91 Å². The molecule has 0 bridgehead atoms. The Morgan fingerprint density at radius 3 is 2.81 bits per heavy atom. The van der Waals surface area contributed by atoms with Gasteiger partial charge >= 0.3 is 0 Å². The fraction of sp³-hybridized carbons (Fsp3) is 0.833. The summed E-state index contributed by atoms with van der Waals surface area (Å²) >= 11 is 0. The van der Waals surface area contributed by atoms with E-state index < -0.39 is 0 Å². The van der Waals surface area contributed by atoms with E-state index in [2.05, 4.69) is 11.4 Å². The number of nitrogens with two attached hydrogens (primary N) is 1. The highest BCUT2D eigenvalue weighted by atomic mass is 16.1. The first-order valence-corrected chi connectivity index (χ1v) is 5.99. The summed E-state index contributed by atoms with van der Waals surface area (Å²) in [6, 6.07) is 2.19. The van der Waals surface area contributed by atoms with Crippen LogP contribution in [0, 0.1) is 23.2 Å². The van der Waals surface area contributed by atoms with Crippen LogP contribution in [0.2, 0.25) is 0 Å². The molecule has 1 aliphatic carbocycles. The minimum absolute atomic E-state index is 0.0146. The smallest absolute Gasteiger partial charge is 0.221 e. The van der Waals surface area contributed by atoms with Gasteiger partial charge in [-0.25, -0.2) is 0 Å². The number of carbonyl (C=O) groups excluding carboxylic acids is 1. The highest BCUT2D eigenvalue weighted by Gasteiger charge is 2.28. The molecule has 90 valence electrons. The Morgan fingerprint density at radius 2 is 2.25 bits per heavy atom. The molecule has 3 N–H and O–H groups in total. The van der Waals surface area contributed by atoms with Crippen molar-refractivity contribution in [3.8, 4) is 6.07 Å². The first-order chi connectivity index (χ1) is 7.54. The van der Waals surface area contributed by atoms with E-state index in [1.807, 2.05) is 13.8 Å². The van der Waals surface area contributed by atoms with Gasteiger partial charge < -0.3 is 11.1 Å². The van der Waals surface area contributed by atoms with E-state index in [0.717, 1.165) is 19.3 Å². The quantitative estimate of drug-likeness (QED) is 0.750. The van der Waals surface area contributed by atoms with Crippen molar-refractivity contribution < 1.29 is 4.79 Å². The summed E-state index contributed by atoms with van der Waals surface area (Å²) in [5.74, 6) is 0.272. The zero-order valence-electron chi connectivity index (χ0n) is 10.1. The van der Waals surface area contributed by atoms with Crippen LogP contribution in [0.4, 0.5) is 0 Å². The number of amides is 1. The van der Waals surface area contributed by atoms with Gasteiger partial charge in [0.2, 0.25) is 5.91 Å². The van der Waals surface area contributed by atoms with E-state index in [9.17, 15) is 4.79 Å². The molecule has 0 saturated heterocycles. The lowest BCUT2D eigenvalue weighted by atomic mass is 10.0. The maximum absolute atomic E-state index is 11.7. The standard InChI is InChI=1S/C12H21N3O/c1-8(2)10(14)6-12(16)15-11-5-3-4-9(11)7-13/h8-11H,3-6,14H2,1-2H3,(H,15,16). The molecule has 1 fully saturated rings. The predicted octanol–water partition coefficient (Wildman–Crippen LogP) is 1.17. The molecule has 1 aliphatic rings. The highest BCUT2D eigenvalue weighted by molar-refractivity contribution is 5.77. The van der Waals surface area contributed by atoms with E-state index in [-0.39, 0.29) is 23.9 Å². The molecule has 0 heterocycles. The fourth-order valence-corrected chi connectivity index (χ4v) is 2.00. The molecule has 0 aliphatic heterocycles. The van der Waals surface area contributed by atoms with Gasteiger partial charge in [0.15, 0.2) is 0 Å². The van der Waals surface area contributed by atoms with Gasteiger partial charge in [0.05, 0.1) is 12.0 Å². The topological polar surface area (TPSA) is 78.9 Å². The fourth-order valence-electron chi connectivity index (χ4n) is 2.00. The summed E-state index contributed by atoms with van der Waals surface area (Å²) in [5, 5.41) is 11.8. The minimum atomic E-state index is -0.0954. The molecular weight excluding hydrogens is 202 g/mol. The lowest BCUT2D eigenvalue weighted by molar-refractivity contribution is -0.122. The van der Waals surface area contributed by atoms with E-state index in [1.165, 1.54) is 0 Å². The largest absolute Gasteiger partial charge is 0.352 e. The summed E-state index contributed by atoms with van der Waals surface area (Å²) < 4.78 is 0. The summed E-state index contributed by atoms with van der Waals surface area (Å²) in [4.78, 5) is 11.7. The average molecular weight is 223 g/mol. The second-order valence-electron chi connectivity index (χ2n) is 4.95. The van der Waals surface area contributed by atoms with Crippen LogP contribution in [0.3, 0.4) is 0 Å². The Hall–Kier alpha value is -1.08. The Morgan fingerprint density at radius 1 is 1.56 bits per heavy atom. The van der Waals surface area contributed by atoms with Crippen LogP contribution in [-0.4, -0.2) is 18.0 Å². The van der Waals surface area contributed by atoms with E-state index >= 15 is 0 Å². The molecule has 1 amide bonds. The summed E-state index contributed by atoms with van der Waals surface area (Å²) in [7, 11) is 0. The maximum Gasteiger partial charge on any atom is 0.221 e. The van der Waals surface area contributed by atoms with Gasteiger partial charge in [-0.1, -0.05) is 13.8 Å². The molecule has 0 aromatic heterocycles. The average Bonchev–Trinajstić information content (AvgIpc) is 2.64. The Kier molecular flexibility index (Phi) is 4.75. The van der Waals surface area contributed by atoms with Crippen molar-refractivity contribution in [3.63, 3.8) is 0 Å². The second-order valence-corrected chi connectivity index (χ2v) is 4.95. The number of carbonyl (C=O) groups is 1. The third-order valence-corrected chi connectivity index (χ3v) is 3.31. The number of nitrogens with zero attached hydrogens (tertiary/aromatic N) is 1. The Bertz CT molecular complexity index is 282. The molecule has 0 aromatic rings. The summed E-state index contributed by atoms with van der Waals surface area (Å²) in [5.41, 5.74) is 5.83. The minimum Gasteiger partial charge on any atom is -0.352 e. The first-order valence-electron chi connectivity index (χ1n) is 5.99. The number of nitriles is 1. The van der Waals surface area contributed by atoms with Crippen molar-refractivity contribution in [2.24, 2.45) is 17.6 Å². The van der Waals surface area contributed by atoms with Crippen molar-refractivity contribution in [2.45, 2.75) is 51.6 Å². The van der Waals surface area contributed by atoms with Gasteiger partial charge in [0.1, 0.15) is 0 Å². The molecule has 3 atom stereocenters. The molecule has 0 spiro atoms. The highest BCUT2D eigenvalue weighted by Crippen LogP contribution is 2.24. The maximum atomic E-state index is 11.7. The molecule has 0 radical (unpaired) electrons. The molecule has 0 aromatic carbocycles. The van der Waals surface area contributed by atoms with Crippen LogP contribution < -0.4 is 11.1 Å². The second kappa shape index (κ2) is 5.86. The predicted molar refractivity (Wildman–Crippen MR) is 62.3 cm³/mol. The molecule has 1 rings (SSSR count). The van der Waals surface area contributed by atoms with E-state index in [1.54, 1.807) is 0 Å². The Balaban J connectivity index is 2.37. The third kappa shape index (κ3) is 3.49. The monoisotopic (exact) mass is 223 g/mol. The third-order valence-electron chi connectivity index (χ3n) is 3.31. The Labute approximate surface area is 97.2 Å². The summed E-state index contributed by atoms with van der Waals surface area (Å²) in [6.45, 7) is 4.01. The van der Waals surface area contributed by atoms with Crippen LogP contribution in [0.25, 0.3) is 0 Å². The zero-order chi connectivity index (χ0) is 12.1. The molecular formula is C12H21N3O. The van der Waals surface area contributed by atoms with Gasteiger partial charge in [0.25, 0.3) is 0 Å². The van der Waals surface area contributed by atoms with Gasteiger partial charge in [-0.3, -0.25) is 4.79 Å². The van der Waals surface area contributed by atoms with Crippen molar-refractivity contribution in [2.75, 3.05) is 0 Å². The first kappa shape index (κ1) is 13.0. The summed E-state index contributed by atoms with van der Waals surface area (Å²) in [6.07, 6.45) is 3.20. The number of nitrogens with one attached hydrogen (secondary N) is 1. The van der Waals surface area contributed by atoms with Crippen molar-refractivity contribution in [3.05, 3.63) is 0 Å². The normalized spacial score (nSPS) is 26.4. The van der Waals surface area contributed by atoms with Gasteiger partial charge in [-0.15, -0.1) is 0 Å². The molecule has 4 nitrogen and oxygen atoms in total. The van der Waals surface area contributed by atoms with Crippen LogP contribution in [-0.2, 0) is 4.79 Å². The van der Waals surface area contributed by atoms with Crippen LogP contribution in [0.15, 0.2) is 0 Å². The molecule has 16 heavy (non-hydrogen) atoms. The lowest BCUT2D eigenvalue weighted by Crippen LogP contribution is -2.41. The van der Waals surface area contributed by atoms with Crippen LogP contribution in [0.1, 0.15) is 39.5 Å². The van der Waals surface area contributed by atoms with Gasteiger partial charge in [-0.05, 0) is 25.2 Å². The number of hydrogen-bond donors (Lipinski definition) is 2. The SMILES string of the molecule is CC(C)C(N)CC(=O)NC1CCCC1C#N.